The summed E-state index contributed by atoms with van der Waals surface area (Å²) in [5.74, 6) is 0.0838. The van der Waals surface area contributed by atoms with Crippen molar-refractivity contribution in [3.8, 4) is 0 Å². The van der Waals surface area contributed by atoms with E-state index in [0.717, 1.165) is 42.5 Å². The Kier molecular flexibility index (Phi) is 4.56. The number of rotatable bonds is 3. The highest BCUT2D eigenvalue weighted by Crippen LogP contribution is 2.28. The van der Waals surface area contributed by atoms with Crippen LogP contribution in [0.25, 0.3) is 0 Å². The predicted molar refractivity (Wildman–Crippen MR) is 74.8 cm³/mol. The first kappa shape index (κ1) is 14.0. The molecule has 1 fully saturated rings. The van der Waals surface area contributed by atoms with E-state index in [9.17, 15) is 4.79 Å². The third kappa shape index (κ3) is 3.55. The Morgan fingerprint density at radius 1 is 1.32 bits per heavy atom. The number of esters is 1. The molecule has 0 N–H and O–H groups in total. The molecule has 1 unspecified atom stereocenters. The molecule has 0 amide bonds. The molecular formula is C16H23NO2. The zero-order chi connectivity index (χ0) is 13.8. The molecule has 19 heavy (non-hydrogen) atoms. The molecule has 1 atom stereocenters. The fourth-order valence-electron chi connectivity index (χ4n) is 2.76. The normalized spacial score (nSPS) is 18.1. The quantitative estimate of drug-likeness (QED) is 0.775. The van der Waals surface area contributed by atoms with Gasteiger partial charge in [0, 0.05) is 11.9 Å². The molecule has 1 aromatic heterocycles. The van der Waals surface area contributed by atoms with Gasteiger partial charge in [0.05, 0.1) is 5.92 Å². The van der Waals surface area contributed by atoms with E-state index in [4.69, 9.17) is 4.74 Å². The van der Waals surface area contributed by atoms with Gasteiger partial charge >= 0.3 is 5.97 Å². The van der Waals surface area contributed by atoms with Crippen LogP contribution < -0.4 is 0 Å². The number of carbonyl (C=O) groups excluding carboxylic acids is 1. The van der Waals surface area contributed by atoms with Crippen molar-refractivity contribution >= 4 is 5.97 Å². The van der Waals surface area contributed by atoms with Gasteiger partial charge in [-0.3, -0.25) is 9.78 Å². The molecule has 0 aromatic carbocycles. The first-order valence-corrected chi connectivity index (χ1v) is 7.21. The molecule has 1 heterocycles. The van der Waals surface area contributed by atoms with Gasteiger partial charge in [-0.2, -0.15) is 0 Å². The molecule has 0 spiro atoms. The van der Waals surface area contributed by atoms with E-state index < -0.39 is 0 Å². The van der Waals surface area contributed by atoms with E-state index in [0.29, 0.717) is 0 Å². The van der Waals surface area contributed by atoms with Crippen LogP contribution in [-0.2, 0) is 9.53 Å². The Hall–Kier alpha value is -1.38. The molecule has 1 saturated carbocycles. The Bertz CT molecular complexity index is 450. The van der Waals surface area contributed by atoms with Crippen molar-refractivity contribution < 1.29 is 9.53 Å². The van der Waals surface area contributed by atoms with Crippen LogP contribution in [0.1, 0.15) is 62.0 Å². The first-order valence-electron chi connectivity index (χ1n) is 7.21. The molecule has 1 aliphatic rings. The van der Waals surface area contributed by atoms with Crippen molar-refractivity contribution in [2.75, 3.05) is 0 Å². The van der Waals surface area contributed by atoms with Crippen molar-refractivity contribution in [3.05, 3.63) is 29.1 Å². The number of hydrogen-bond acceptors (Lipinski definition) is 3. The average molecular weight is 261 g/mol. The third-order valence-corrected chi connectivity index (χ3v) is 3.95. The first-order chi connectivity index (χ1) is 9.08. The van der Waals surface area contributed by atoms with Crippen molar-refractivity contribution in [2.45, 2.75) is 59.0 Å². The van der Waals surface area contributed by atoms with Crippen LogP contribution >= 0.6 is 0 Å². The SMILES string of the molecule is Cc1cc(C(C)OC(=O)C2CCCCC2)c(C)cn1. The largest absolute Gasteiger partial charge is 0.458 e. The minimum atomic E-state index is -0.184. The second kappa shape index (κ2) is 6.18. The lowest BCUT2D eigenvalue weighted by Gasteiger charge is -2.23. The number of ether oxygens (including phenoxy) is 1. The fraction of sp³-hybridized carbons (Fsp3) is 0.625. The molecule has 3 heteroatoms. The standard InChI is InChI=1S/C16H23NO2/c1-11-10-17-12(2)9-15(11)13(3)19-16(18)14-7-5-4-6-8-14/h9-10,13-14H,4-8H2,1-3H3. The van der Waals surface area contributed by atoms with Crippen molar-refractivity contribution in [2.24, 2.45) is 5.92 Å². The van der Waals surface area contributed by atoms with E-state index in [2.05, 4.69) is 4.98 Å². The van der Waals surface area contributed by atoms with Crippen molar-refractivity contribution in [1.82, 2.24) is 4.98 Å². The minimum Gasteiger partial charge on any atom is -0.458 e. The summed E-state index contributed by atoms with van der Waals surface area (Å²) in [6.45, 7) is 5.91. The minimum absolute atomic E-state index is 0.0268. The maximum atomic E-state index is 12.1. The van der Waals surface area contributed by atoms with Gasteiger partial charge in [0.1, 0.15) is 6.10 Å². The molecular weight excluding hydrogens is 238 g/mol. The molecule has 1 aliphatic carbocycles. The van der Waals surface area contributed by atoms with Gasteiger partial charge < -0.3 is 4.74 Å². The summed E-state index contributed by atoms with van der Waals surface area (Å²) in [5.41, 5.74) is 3.10. The summed E-state index contributed by atoms with van der Waals surface area (Å²) >= 11 is 0. The number of pyridine rings is 1. The lowest BCUT2D eigenvalue weighted by molar-refractivity contribution is -0.154. The van der Waals surface area contributed by atoms with Gasteiger partial charge in [-0.1, -0.05) is 19.3 Å². The fourth-order valence-corrected chi connectivity index (χ4v) is 2.76. The van der Waals surface area contributed by atoms with Crippen LogP contribution in [-0.4, -0.2) is 11.0 Å². The van der Waals surface area contributed by atoms with Crippen LogP contribution in [0.4, 0.5) is 0 Å². The van der Waals surface area contributed by atoms with E-state index in [1.54, 1.807) is 0 Å². The lowest BCUT2D eigenvalue weighted by atomic mass is 9.89. The van der Waals surface area contributed by atoms with Crippen LogP contribution in [0.15, 0.2) is 12.3 Å². The van der Waals surface area contributed by atoms with Crippen LogP contribution in [0.2, 0.25) is 0 Å². The predicted octanol–water partition coefficient (Wildman–Crippen LogP) is 3.88. The maximum Gasteiger partial charge on any atom is 0.309 e. The van der Waals surface area contributed by atoms with E-state index in [1.165, 1.54) is 6.42 Å². The lowest BCUT2D eigenvalue weighted by Crippen LogP contribution is -2.22. The molecule has 2 rings (SSSR count). The number of hydrogen-bond donors (Lipinski definition) is 0. The van der Waals surface area contributed by atoms with Gasteiger partial charge in [0.15, 0.2) is 0 Å². The second-order valence-electron chi connectivity index (χ2n) is 5.60. The topological polar surface area (TPSA) is 39.2 Å². The molecule has 0 aliphatic heterocycles. The zero-order valence-electron chi connectivity index (χ0n) is 12.1. The van der Waals surface area contributed by atoms with Gasteiger partial charge in [-0.25, -0.2) is 0 Å². The molecule has 0 bridgehead atoms. The van der Waals surface area contributed by atoms with Crippen LogP contribution in [0.3, 0.4) is 0 Å². The highest BCUT2D eigenvalue weighted by atomic mass is 16.5. The van der Waals surface area contributed by atoms with E-state index in [1.807, 2.05) is 33.0 Å². The zero-order valence-corrected chi connectivity index (χ0v) is 12.1. The molecule has 3 nitrogen and oxygen atoms in total. The van der Waals surface area contributed by atoms with Crippen LogP contribution in [0, 0.1) is 19.8 Å². The highest BCUT2D eigenvalue weighted by molar-refractivity contribution is 5.72. The van der Waals surface area contributed by atoms with E-state index in [-0.39, 0.29) is 18.0 Å². The Morgan fingerprint density at radius 3 is 2.68 bits per heavy atom. The second-order valence-corrected chi connectivity index (χ2v) is 5.60. The Labute approximate surface area is 115 Å². The Balaban J connectivity index is 2.01. The number of carbonyl (C=O) groups is 1. The molecule has 0 saturated heterocycles. The highest BCUT2D eigenvalue weighted by Gasteiger charge is 2.24. The van der Waals surface area contributed by atoms with Crippen molar-refractivity contribution in [3.63, 3.8) is 0 Å². The maximum absolute atomic E-state index is 12.1. The summed E-state index contributed by atoms with van der Waals surface area (Å²) < 4.78 is 5.64. The average Bonchev–Trinajstić information content (AvgIpc) is 2.42. The summed E-state index contributed by atoms with van der Waals surface area (Å²) in [4.78, 5) is 16.4. The Morgan fingerprint density at radius 2 is 2.00 bits per heavy atom. The summed E-state index contributed by atoms with van der Waals surface area (Å²) in [6.07, 6.45) is 7.19. The van der Waals surface area contributed by atoms with Crippen LogP contribution in [0.5, 0.6) is 0 Å². The van der Waals surface area contributed by atoms with Gasteiger partial charge in [0.25, 0.3) is 0 Å². The molecule has 1 aromatic rings. The monoisotopic (exact) mass is 261 g/mol. The summed E-state index contributed by atoms with van der Waals surface area (Å²) in [6, 6.07) is 2.01. The number of aromatic nitrogens is 1. The van der Waals surface area contributed by atoms with Crippen molar-refractivity contribution in [1.29, 1.82) is 0 Å². The smallest absolute Gasteiger partial charge is 0.309 e. The van der Waals surface area contributed by atoms with E-state index >= 15 is 0 Å². The van der Waals surface area contributed by atoms with Gasteiger partial charge in [-0.15, -0.1) is 0 Å². The third-order valence-electron chi connectivity index (χ3n) is 3.95. The number of aryl methyl sites for hydroxylation is 2. The molecule has 0 radical (unpaired) electrons. The summed E-state index contributed by atoms with van der Waals surface area (Å²) in [7, 11) is 0. The van der Waals surface area contributed by atoms with Gasteiger partial charge in [0.2, 0.25) is 0 Å². The molecule has 104 valence electrons. The number of nitrogens with zero attached hydrogens (tertiary/aromatic N) is 1. The summed E-state index contributed by atoms with van der Waals surface area (Å²) in [5, 5.41) is 0. The van der Waals surface area contributed by atoms with Gasteiger partial charge in [-0.05, 0) is 50.8 Å².